The molecule has 1 unspecified atom stereocenters. The largest absolute Gasteiger partial charge is 0.319 e. The van der Waals surface area contributed by atoms with Crippen LogP contribution >= 0.6 is 24.4 Å². The Kier molecular flexibility index (Phi) is 4.01. The molecule has 0 heterocycles. The molecule has 2 N–H and O–H groups in total. The fraction of sp³-hybridized carbons (Fsp3) is 1.00. The summed E-state index contributed by atoms with van der Waals surface area (Å²) in [4.78, 5) is 0. The Hall–Kier alpha value is 0.660. The first kappa shape index (κ1) is 9.66. The molecule has 0 aliphatic rings. The molecule has 0 bridgehead atoms. The second-order valence-corrected chi connectivity index (χ2v) is 4.96. The van der Waals surface area contributed by atoms with Crippen molar-refractivity contribution in [2.45, 2.75) is 26.1 Å². The molecular formula is C6H15NS2. The lowest BCUT2D eigenvalue weighted by Crippen LogP contribution is -2.31. The Morgan fingerprint density at radius 1 is 1.56 bits per heavy atom. The molecule has 3 heteroatoms. The third-order valence-electron chi connectivity index (χ3n) is 1.11. The Morgan fingerprint density at radius 2 is 2.00 bits per heavy atom. The van der Waals surface area contributed by atoms with Gasteiger partial charge in [0.2, 0.25) is 0 Å². The smallest absolute Gasteiger partial charge is 0.0564 e. The van der Waals surface area contributed by atoms with Crippen molar-refractivity contribution >= 4 is 24.4 Å². The molecule has 1 atom stereocenters. The van der Waals surface area contributed by atoms with E-state index in [1.165, 1.54) is 0 Å². The van der Waals surface area contributed by atoms with Gasteiger partial charge in [0.1, 0.15) is 0 Å². The molecular weight excluding hydrogens is 150 g/mol. The maximum atomic E-state index is 5.78. The van der Waals surface area contributed by atoms with Gasteiger partial charge in [0.25, 0.3) is 0 Å². The quantitative estimate of drug-likeness (QED) is 0.483. The van der Waals surface area contributed by atoms with Crippen LogP contribution < -0.4 is 5.73 Å². The Labute approximate surface area is 67.2 Å². The van der Waals surface area contributed by atoms with E-state index in [0.29, 0.717) is 0 Å². The number of hydrogen-bond donors (Lipinski definition) is 2. The first-order chi connectivity index (χ1) is 3.98. The van der Waals surface area contributed by atoms with E-state index in [0.717, 1.165) is 5.08 Å². The zero-order valence-electron chi connectivity index (χ0n) is 6.22. The maximum Gasteiger partial charge on any atom is 0.0564 e. The zero-order chi connectivity index (χ0) is 7.49. The third kappa shape index (κ3) is 4.12. The molecule has 0 rings (SSSR count). The Bertz CT molecular complexity index is 77.6. The SMILES string of the molecule is CC(C)(C)C(N)SCS. The lowest BCUT2D eigenvalue weighted by atomic mass is 9.97. The summed E-state index contributed by atoms with van der Waals surface area (Å²) in [5.41, 5.74) is 5.98. The van der Waals surface area contributed by atoms with E-state index in [2.05, 4.69) is 33.4 Å². The van der Waals surface area contributed by atoms with Gasteiger partial charge in [-0.3, -0.25) is 0 Å². The van der Waals surface area contributed by atoms with E-state index in [4.69, 9.17) is 5.73 Å². The van der Waals surface area contributed by atoms with E-state index in [1.807, 2.05) is 0 Å². The van der Waals surface area contributed by atoms with Crippen molar-refractivity contribution in [2.24, 2.45) is 11.1 Å². The maximum absolute atomic E-state index is 5.78. The van der Waals surface area contributed by atoms with Crippen LogP contribution in [0.25, 0.3) is 0 Å². The first-order valence-corrected chi connectivity index (χ1v) is 4.64. The second kappa shape index (κ2) is 3.74. The highest BCUT2D eigenvalue weighted by Gasteiger charge is 2.19. The van der Waals surface area contributed by atoms with Gasteiger partial charge in [0.05, 0.1) is 5.37 Å². The van der Waals surface area contributed by atoms with Crippen LogP contribution in [-0.2, 0) is 0 Å². The summed E-state index contributed by atoms with van der Waals surface area (Å²) in [6.45, 7) is 6.40. The monoisotopic (exact) mass is 165 g/mol. The van der Waals surface area contributed by atoms with Crippen LogP contribution in [0.3, 0.4) is 0 Å². The van der Waals surface area contributed by atoms with Gasteiger partial charge in [-0.05, 0) is 5.41 Å². The molecule has 1 nitrogen and oxygen atoms in total. The average Bonchev–Trinajstić information content (AvgIpc) is 1.64. The number of thiol groups is 1. The van der Waals surface area contributed by atoms with Crippen LogP contribution in [0.2, 0.25) is 0 Å². The van der Waals surface area contributed by atoms with E-state index in [1.54, 1.807) is 11.8 Å². The highest BCUT2D eigenvalue weighted by atomic mass is 32.2. The molecule has 0 radical (unpaired) electrons. The van der Waals surface area contributed by atoms with Crippen LogP contribution in [0, 0.1) is 5.41 Å². The Morgan fingerprint density at radius 3 is 2.11 bits per heavy atom. The molecule has 0 aliphatic heterocycles. The topological polar surface area (TPSA) is 26.0 Å². The van der Waals surface area contributed by atoms with Crippen molar-refractivity contribution in [1.29, 1.82) is 0 Å². The highest BCUT2D eigenvalue weighted by molar-refractivity contribution is 8.09. The van der Waals surface area contributed by atoms with Crippen LogP contribution in [0.4, 0.5) is 0 Å². The molecule has 0 saturated carbocycles. The van der Waals surface area contributed by atoms with Crippen molar-refractivity contribution < 1.29 is 0 Å². The first-order valence-electron chi connectivity index (χ1n) is 2.96. The van der Waals surface area contributed by atoms with Gasteiger partial charge in [0, 0.05) is 5.08 Å². The van der Waals surface area contributed by atoms with Crippen molar-refractivity contribution in [2.75, 3.05) is 5.08 Å². The van der Waals surface area contributed by atoms with Gasteiger partial charge in [-0.15, -0.1) is 11.8 Å². The molecule has 9 heavy (non-hydrogen) atoms. The normalized spacial score (nSPS) is 15.7. The van der Waals surface area contributed by atoms with E-state index >= 15 is 0 Å². The zero-order valence-corrected chi connectivity index (χ0v) is 7.93. The number of hydrogen-bond acceptors (Lipinski definition) is 3. The predicted molar refractivity (Wildman–Crippen MR) is 48.9 cm³/mol. The number of thioether (sulfide) groups is 1. The third-order valence-corrected chi connectivity index (χ3v) is 2.77. The van der Waals surface area contributed by atoms with E-state index < -0.39 is 0 Å². The lowest BCUT2D eigenvalue weighted by Gasteiger charge is -2.25. The van der Waals surface area contributed by atoms with Crippen molar-refractivity contribution in [1.82, 2.24) is 0 Å². The molecule has 0 aromatic rings. The minimum atomic E-state index is 0.202. The van der Waals surface area contributed by atoms with Gasteiger partial charge in [-0.1, -0.05) is 20.8 Å². The van der Waals surface area contributed by atoms with Crippen LogP contribution in [-0.4, -0.2) is 10.5 Å². The Balaban J connectivity index is 3.59. The van der Waals surface area contributed by atoms with Crippen molar-refractivity contribution in [3.05, 3.63) is 0 Å². The number of rotatable bonds is 2. The van der Waals surface area contributed by atoms with Gasteiger partial charge < -0.3 is 5.73 Å². The summed E-state index contributed by atoms with van der Waals surface area (Å²) in [6.07, 6.45) is 0. The molecule has 0 spiro atoms. The predicted octanol–water partition coefficient (Wildman–Crippen LogP) is 1.94. The van der Waals surface area contributed by atoms with E-state index in [-0.39, 0.29) is 10.8 Å². The molecule has 0 fully saturated rings. The van der Waals surface area contributed by atoms with Gasteiger partial charge >= 0.3 is 0 Å². The molecule has 0 aliphatic carbocycles. The molecule has 0 amide bonds. The summed E-state index contributed by atoms with van der Waals surface area (Å²) < 4.78 is 0. The van der Waals surface area contributed by atoms with Crippen molar-refractivity contribution in [3.8, 4) is 0 Å². The van der Waals surface area contributed by atoms with Crippen LogP contribution in [0.15, 0.2) is 0 Å². The minimum absolute atomic E-state index is 0.202. The lowest BCUT2D eigenvalue weighted by molar-refractivity contribution is 0.401. The van der Waals surface area contributed by atoms with Gasteiger partial charge in [-0.2, -0.15) is 12.6 Å². The fourth-order valence-electron chi connectivity index (χ4n) is 0.330. The number of nitrogens with two attached hydrogens (primary N) is 1. The second-order valence-electron chi connectivity index (χ2n) is 3.08. The fourth-order valence-corrected chi connectivity index (χ4v) is 1.47. The summed E-state index contributed by atoms with van der Waals surface area (Å²) in [5.74, 6) is 0. The summed E-state index contributed by atoms with van der Waals surface area (Å²) in [5, 5.41) is 1.01. The van der Waals surface area contributed by atoms with Crippen LogP contribution in [0.5, 0.6) is 0 Å². The van der Waals surface area contributed by atoms with Crippen molar-refractivity contribution in [3.63, 3.8) is 0 Å². The average molecular weight is 165 g/mol. The highest BCUT2D eigenvalue weighted by Crippen LogP contribution is 2.26. The molecule has 0 aromatic heterocycles. The van der Waals surface area contributed by atoms with Gasteiger partial charge in [-0.25, -0.2) is 0 Å². The molecule has 0 saturated heterocycles. The van der Waals surface area contributed by atoms with Gasteiger partial charge in [0.15, 0.2) is 0 Å². The summed E-state index contributed by atoms with van der Waals surface area (Å²) in [7, 11) is 0. The summed E-state index contributed by atoms with van der Waals surface area (Å²) in [6, 6.07) is 0. The minimum Gasteiger partial charge on any atom is -0.319 e. The molecule has 56 valence electrons. The van der Waals surface area contributed by atoms with E-state index in [9.17, 15) is 0 Å². The summed E-state index contributed by atoms with van der Waals surface area (Å²) >= 11 is 5.75. The van der Waals surface area contributed by atoms with Crippen LogP contribution in [0.1, 0.15) is 20.8 Å². The standard InChI is InChI=1S/C6H15NS2/c1-6(2,3)5(7)9-4-8/h5,8H,4,7H2,1-3H3. The molecule has 0 aromatic carbocycles.